The minimum absolute atomic E-state index is 0.127. The smallest absolute Gasteiger partial charge is 0.235 e. The van der Waals surface area contributed by atoms with Gasteiger partial charge in [0.15, 0.2) is 0 Å². The molecule has 0 fully saturated rings. The Balaban J connectivity index is 1.23. The van der Waals surface area contributed by atoms with E-state index in [1.807, 2.05) is 0 Å². The molecule has 3 heterocycles. The van der Waals surface area contributed by atoms with E-state index in [4.69, 9.17) is 14.4 Å². The fourth-order valence-corrected chi connectivity index (χ4v) is 8.46. The fourth-order valence-electron chi connectivity index (χ4n) is 8.46. The van der Waals surface area contributed by atoms with Gasteiger partial charge in [-0.3, -0.25) is 4.57 Å². The van der Waals surface area contributed by atoms with Gasteiger partial charge in [-0.05, 0) is 64.0 Å². The molecule has 0 atom stereocenters. The van der Waals surface area contributed by atoms with E-state index in [9.17, 15) is 0 Å². The van der Waals surface area contributed by atoms with E-state index in [1.54, 1.807) is 0 Å². The highest BCUT2D eigenvalue weighted by Crippen LogP contribution is 2.51. The number of fused-ring (bicyclic) bond motifs is 12. The minimum atomic E-state index is -0.127. The van der Waals surface area contributed by atoms with Crippen LogP contribution in [0.3, 0.4) is 0 Å². The lowest BCUT2D eigenvalue weighted by molar-refractivity contribution is 0.661. The van der Waals surface area contributed by atoms with Gasteiger partial charge < -0.3 is 4.42 Å². The van der Waals surface area contributed by atoms with Crippen LogP contribution in [0.25, 0.3) is 93.8 Å². The summed E-state index contributed by atoms with van der Waals surface area (Å²) in [6.07, 6.45) is 0. The van der Waals surface area contributed by atoms with Crippen molar-refractivity contribution in [1.29, 1.82) is 0 Å². The normalized spacial score (nSPS) is 13.7. The summed E-state index contributed by atoms with van der Waals surface area (Å²) in [5, 5.41) is 7.83. The summed E-state index contributed by atoms with van der Waals surface area (Å²) >= 11 is 0. The van der Waals surface area contributed by atoms with E-state index >= 15 is 0 Å². The average Bonchev–Trinajstić information content (AvgIpc) is 3.76. The molecule has 11 rings (SSSR count). The van der Waals surface area contributed by atoms with E-state index in [-0.39, 0.29) is 5.41 Å². The molecule has 1 aliphatic rings. The summed E-state index contributed by atoms with van der Waals surface area (Å²) in [5.41, 5.74) is 11.8. The first-order valence-electron chi connectivity index (χ1n) is 16.8. The number of benzene rings is 7. The monoisotopic (exact) mass is 627 g/mol. The molecule has 0 amide bonds. The molecule has 0 saturated heterocycles. The maximum Gasteiger partial charge on any atom is 0.235 e. The highest BCUT2D eigenvalue weighted by Gasteiger charge is 2.36. The van der Waals surface area contributed by atoms with Crippen molar-refractivity contribution in [2.45, 2.75) is 19.3 Å². The number of furan rings is 1. The Morgan fingerprint density at radius 2 is 1.20 bits per heavy atom. The third kappa shape index (κ3) is 3.53. The van der Waals surface area contributed by atoms with Crippen molar-refractivity contribution in [3.05, 3.63) is 151 Å². The van der Waals surface area contributed by atoms with Gasteiger partial charge in [-0.25, -0.2) is 9.97 Å². The van der Waals surface area contributed by atoms with Crippen LogP contribution < -0.4 is 0 Å². The van der Waals surface area contributed by atoms with Crippen LogP contribution in [0.1, 0.15) is 25.0 Å². The number of para-hydroxylation sites is 3. The zero-order valence-electron chi connectivity index (χ0n) is 27.0. The Hall–Kier alpha value is -6.26. The first-order chi connectivity index (χ1) is 24.1. The van der Waals surface area contributed by atoms with Gasteiger partial charge in [0.25, 0.3) is 0 Å². The standard InChI is InChI=1S/C45H29N3O/c1-45(2)36-19-8-5-14-28(36)34-24-35-29-15-7-10-21-39(29)48(40(35)25-37(34)45)44-46-38-20-9-6-16-32(38)41(47-44)33-18-11-17-30-31-23-22-26-12-3-4-13-27(26)42(31)49-43(30)33/h3-25H,1-2H3. The van der Waals surface area contributed by atoms with Crippen molar-refractivity contribution in [3.63, 3.8) is 0 Å². The van der Waals surface area contributed by atoms with E-state index in [2.05, 4.69) is 158 Å². The molecule has 0 radical (unpaired) electrons. The first kappa shape index (κ1) is 26.8. The third-order valence-corrected chi connectivity index (χ3v) is 10.8. The second-order valence-electron chi connectivity index (χ2n) is 13.8. The fraction of sp³-hybridized carbons (Fsp3) is 0.0667. The van der Waals surface area contributed by atoms with Gasteiger partial charge in [-0.2, -0.15) is 0 Å². The molecule has 0 saturated carbocycles. The van der Waals surface area contributed by atoms with Crippen LogP contribution in [0.5, 0.6) is 0 Å². The van der Waals surface area contributed by atoms with Crippen LogP contribution in [-0.2, 0) is 5.41 Å². The minimum Gasteiger partial charge on any atom is -0.455 e. The topological polar surface area (TPSA) is 43.9 Å². The predicted molar refractivity (Wildman–Crippen MR) is 202 cm³/mol. The molecule has 4 nitrogen and oxygen atoms in total. The van der Waals surface area contributed by atoms with Crippen molar-refractivity contribution in [3.8, 4) is 28.3 Å². The molecule has 10 aromatic rings. The van der Waals surface area contributed by atoms with Gasteiger partial charge in [0.1, 0.15) is 11.2 Å². The first-order valence-corrected chi connectivity index (χ1v) is 16.8. The van der Waals surface area contributed by atoms with Gasteiger partial charge in [0.05, 0.1) is 22.2 Å². The van der Waals surface area contributed by atoms with Crippen LogP contribution in [0.15, 0.2) is 144 Å². The van der Waals surface area contributed by atoms with Crippen LogP contribution in [-0.4, -0.2) is 14.5 Å². The molecule has 3 aromatic heterocycles. The zero-order chi connectivity index (χ0) is 32.4. The lowest BCUT2D eigenvalue weighted by Crippen LogP contribution is -2.15. The summed E-state index contributed by atoms with van der Waals surface area (Å²) in [6, 6.07) is 49.7. The van der Waals surface area contributed by atoms with Gasteiger partial charge in [-0.15, -0.1) is 0 Å². The highest BCUT2D eigenvalue weighted by atomic mass is 16.3. The molecule has 0 N–H and O–H groups in total. The van der Waals surface area contributed by atoms with E-state index < -0.39 is 0 Å². The molecule has 0 spiro atoms. The largest absolute Gasteiger partial charge is 0.455 e. The maximum atomic E-state index is 6.81. The number of hydrogen-bond acceptors (Lipinski definition) is 3. The SMILES string of the molecule is CC1(C)c2ccccc2-c2cc3c4ccccc4n(-c4nc(-c5cccc6c5oc5c7ccccc7ccc65)c5ccccc5n4)c3cc21. The summed E-state index contributed by atoms with van der Waals surface area (Å²) in [6.45, 7) is 4.66. The molecule has 1 aliphatic carbocycles. The van der Waals surface area contributed by atoms with E-state index in [0.29, 0.717) is 5.95 Å². The molecule has 0 bridgehead atoms. The Kier molecular flexibility index (Phi) is 5.15. The third-order valence-electron chi connectivity index (χ3n) is 10.8. The van der Waals surface area contributed by atoms with E-state index in [0.717, 1.165) is 65.9 Å². The van der Waals surface area contributed by atoms with Gasteiger partial charge in [-0.1, -0.05) is 117 Å². The summed E-state index contributed by atoms with van der Waals surface area (Å²) < 4.78 is 9.06. The van der Waals surface area contributed by atoms with Crippen molar-refractivity contribution < 1.29 is 4.42 Å². The number of aromatic nitrogens is 3. The number of nitrogens with zero attached hydrogens (tertiary/aromatic N) is 3. The van der Waals surface area contributed by atoms with Crippen LogP contribution in [0, 0.1) is 0 Å². The Labute approximate surface area is 281 Å². The zero-order valence-corrected chi connectivity index (χ0v) is 27.0. The van der Waals surface area contributed by atoms with Crippen LogP contribution in [0.4, 0.5) is 0 Å². The van der Waals surface area contributed by atoms with Gasteiger partial charge in [0.2, 0.25) is 5.95 Å². The summed E-state index contributed by atoms with van der Waals surface area (Å²) in [7, 11) is 0. The number of rotatable bonds is 2. The molecular formula is C45H29N3O. The summed E-state index contributed by atoms with van der Waals surface area (Å²) in [5.74, 6) is 0.645. The average molecular weight is 628 g/mol. The molecule has 230 valence electrons. The second-order valence-corrected chi connectivity index (χ2v) is 13.8. The van der Waals surface area contributed by atoms with Crippen LogP contribution in [0.2, 0.25) is 0 Å². The van der Waals surface area contributed by atoms with E-state index in [1.165, 1.54) is 33.0 Å². The summed E-state index contributed by atoms with van der Waals surface area (Å²) in [4.78, 5) is 10.7. The molecule has 7 aromatic carbocycles. The second kappa shape index (κ2) is 9.42. The van der Waals surface area contributed by atoms with Gasteiger partial charge >= 0.3 is 0 Å². The predicted octanol–water partition coefficient (Wildman–Crippen LogP) is 11.8. The maximum absolute atomic E-state index is 6.81. The molecule has 0 unspecified atom stereocenters. The lowest BCUT2D eigenvalue weighted by atomic mass is 9.82. The Morgan fingerprint density at radius 1 is 0.490 bits per heavy atom. The Morgan fingerprint density at radius 3 is 2.12 bits per heavy atom. The molecule has 4 heteroatoms. The molecular weight excluding hydrogens is 599 g/mol. The molecule has 0 aliphatic heterocycles. The van der Waals surface area contributed by atoms with Crippen LogP contribution >= 0.6 is 0 Å². The highest BCUT2D eigenvalue weighted by molar-refractivity contribution is 6.18. The van der Waals surface area contributed by atoms with Crippen molar-refractivity contribution in [2.24, 2.45) is 0 Å². The number of hydrogen-bond donors (Lipinski definition) is 0. The lowest BCUT2D eigenvalue weighted by Gasteiger charge is -2.21. The Bertz CT molecular complexity index is 3030. The van der Waals surface area contributed by atoms with Gasteiger partial charge in [0, 0.05) is 43.3 Å². The van der Waals surface area contributed by atoms with Crippen molar-refractivity contribution >= 4 is 65.4 Å². The molecule has 49 heavy (non-hydrogen) atoms. The quantitative estimate of drug-likeness (QED) is 0.192. The van der Waals surface area contributed by atoms with Crippen molar-refractivity contribution in [2.75, 3.05) is 0 Å². The van der Waals surface area contributed by atoms with Crippen molar-refractivity contribution in [1.82, 2.24) is 14.5 Å².